The summed E-state index contributed by atoms with van der Waals surface area (Å²) in [6.45, 7) is 11.0. The molecule has 4 saturated carbocycles. The van der Waals surface area contributed by atoms with Crippen LogP contribution in [0.1, 0.15) is 130 Å². The van der Waals surface area contributed by atoms with E-state index in [4.69, 9.17) is 0 Å². The summed E-state index contributed by atoms with van der Waals surface area (Å²) in [6, 6.07) is 0. The molecule has 0 saturated heterocycles. The van der Waals surface area contributed by atoms with E-state index >= 15 is 0 Å². The van der Waals surface area contributed by atoms with Gasteiger partial charge < -0.3 is 15.3 Å². The number of aliphatic hydroxyl groups is 3. The van der Waals surface area contributed by atoms with Crippen molar-refractivity contribution in [1.29, 1.82) is 0 Å². The predicted molar refractivity (Wildman–Crippen MR) is 159 cm³/mol. The lowest BCUT2D eigenvalue weighted by atomic mass is 9.60. The zero-order valence-corrected chi connectivity index (χ0v) is 25.1. The van der Waals surface area contributed by atoms with Gasteiger partial charge in [0.1, 0.15) is 5.78 Å². The SMILES string of the molecule is C=C1C(=CC=C2CCC[C@]3(C)[C@@H]([C@H](C)[C@H](O)CCC4(C(=O)CCCCCCC)CC4)CC[C@@H]23)C[C@@H](O)C[C@@H]1O. The molecular weight excluding hydrogens is 484 g/mol. The van der Waals surface area contributed by atoms with Crippen LogP contribution in [0, 0.1) is 28.6 Å². The molecular formula is C35H56O4. The van der Waals surface area contributed by atoms with Crippen LogP contribution in [-0.2, 0) is 4.79 Å². The fourth-order valence-electron chi connectivity index (χ4n) is 8.54. The second-order valence-electron chi connectivity index (χ2n) is 14.0. The van der Waals surface area contributed by atoms with Crippen molar-refractivity contribution in [2.24, 2.45) is 28.6 Å². The summed E-state index contributed by atoms with van der Waals surface area (Å²) < 4.78 is 0. The van der Waals surface area contributed by atoms with Gasteiger partial charge in [-0.3, -0.25) is 4.79 Å². The molecule has 0 unspecified atom stereocenters. The number of allylic oxidation sites excluding steroid dienone is 3. The van der Waals surface area contributed by atoms with Crippen molar-refractivity contribution in [3.63, 3.8) is 0 Å². The van der Waals surface area contributed by atoms with Crippen molar-refractivity contribution in [1.82, 2.24) is 0 Å². The molecule has 4 fully saturated rings. The highest BCUT2D eigenvalue weighted by atomic mass is 16.3. The van der Waals surface area contributed by atoms with E-state index in [1.54, 1.807) is 0 Å². The normalized spacial score (nSPS) is 35.7. The summed E-state index contributed by atoms with van der Waals surface area (Å²) in [4.78, 5) is 13.0. The molecule has 0 aliphatic heterocycles. The van der Waals surface area contributed by atoms with Gasteiger partial charge in [0.2, 0.25) is 0 Å². The standard InChI is InChI=1S/C35H56O4/c1-5-6-7-8-9-12-33(39)35(20-21-35)19-17-31(37)25(3)29-15-16-30-26(11-10-18-34(29,30)4)13-14-27-22-28(36)23-32(38)24(27)2/h13-14,25,28-32,36-38H,2,5-12,15-23H2,1,3-4H3/t25-,28+,29+,30-,31+,32-,34+/m0/s1. The second-order valence-corrected chi connectivity index (χ2v) is 14.0. The Morgan fingerprint density at radius 2 is 1.85 bits per heavy atom. The van der Waals surface area contributed by atoms with Gasteiger partial charge in [-0.2, -0.15) is 0 Å². The van der Waals surface area contributed by atoms with Crippen molar-refractivity contribution in [3.8, 4) is 0 Å². The number of hydrogen-bond acceptors (Lipinski definition) is 4. The van der Waals surface area contributed by atoms with Crippen molar-refractivity contribution >= 4 is 5.78 Å². The van der Waals surface area contributed by atoms with E-state index in [-0.39, 0.29) is 22.9 Å². The lowest BCUT2D eigenvalue weighted by molar-refractivity contribution is -0.124. The van der Waals surface area contributed by atoms with Crippen LogP contribution in [0.25, 0.3) is 0 Å². The number of ketones is 1. The molecule has 0 aromatic heterocycles. The van der Waals surface area contributed by atoms with Crippen LogP contribution in [0.2, 0.25) is 0 Å². The molecule has 0 amide bonds. The second kappa shape index (κ2) is 13.2. The Labute approximate surface area is 238 Å². The molecule has 3 N–H and O–H groups in total. The highest BCUT2D eigenvalue weighted by Gasteiger charge is 2.53. The van der Waals surface area contributed by atoms with Crippen LogP contribution < -0.4 is 0 Å². The maximum atomic E-state index is 13.0. The molecule has 0 spiro atoms. The average molecular weight is 541 g/mol. The first-order valence-electron chi connectivity index (χ1n) is 16.3. The summed E-state index contributed by atoms with van der Waals surface area (Å²) in [5.74, 6) is 1.72. The van der Waals surface area contributed by atoms with Crippen molar-refractivity contribution < 1.29 is 20.1 Å². The predicted octanol–water partition coefficient (Wildman–Crippen LogP) is 7.61. The number of carbonyl (C=O) groups is 1. The third-order valence-electron chi connectivity index (χ3n) is 11.4. The van der Waals surface area contributed by atoms with E-state index in [0.717, 1.165) is 62.5 Å². The Morgan fingerprint density at radius 1 is 1.10 bits per heavy atom. The zero-order valence-electron chi connectivity index (χ0n) is 25.1. The van der Waals surface area contributed by atoms with Crippen molar-refractivity contribution in [2.45, 2.75) is 148 Å². The van der Waals surface area contributed by atoms with Gasteiger partial charge in [-0.1, -0.05) is 70.8 Å². The first-order valence-corrected chi connectivity index (χ1v) is 16.3. The monoisotopic (exact) mass is 540 g/mol. The van der Waals surface area contributed by atoms with Crippen LogP contribution >= 0.6 is 0 Å². The minimum absolute atomic E-state index is 0.119. The quantitative estimate of drug-likeness (QED) is 0.210. The fourth-order valence-corrected chi connectivity index (χ4v) is 8.54. The smallest absolute Gasteiger partial charge is 0.139 e. The average Bonchev–Trinajstić information content (AvgIpc) is 3.62. The zero-order chi connectivity index (χ0) is 28.2. The highest BCUT2D eigenvalue weighted by molar-refractivity contribution is 5.87. The van der Waals surface area contributed by atoms with Gasteiger partial charge in [0.05, 0.1) is 18.3 Å². The third-order valence-corrected chi connectivity index (χ3v) is 11.4. The molecule has 4 heteroatoms. The molecule has 39 heavy (non-hydrogen) atoms. The molecule has 4 aliphatic carbocycles. The van der Waals surface area contributed by atoms with Crippen LogP contribution in [0.4, 0.5) is 0 Å². The minimum atomic E-state index is -0.649. The van der Waals surface area contributed by atoms with Crippen LogP contribution in [-0.4, -0.2) is 39.4 Å². The van der Waals surface area contributed by atoms with E-state index in [1.807, 2.05) is 0 Å². The Kier molecular flexibility index (Phi) is 10.4. The number of carbonyl (C=O) groups excluding carboxylic acids is 1. The molecule has 0 radical (unpaired) electrons. The lowest BCUT2D eigenvalue weighted by Crippen LogP contribution is -2.39. The Hall–Kier alpha value is -1.23. The summed E-state index contributed by atoms with van der Waals surface area (Å²) in [5.41, 5.74) is 3.29. The molecule has 4 rings (SSSR count). The largest absolute Gasteiger partial charge is 0.393 e. The molecule has 0 aromatic rings. The van der Waals surface area contributed by atoms with E-state index in [9.17, 15) is 20.1 Å². The van der Waals surface area contributed by atoms with Gasteiger partial charge in [-0.05, 0) is 105 Å². The van der Waals surface area contributed by atoms with E-state index in [2.05, 4.69) is 39.5 Å². The van der Waals surface area contributed by atoms with Crippen molar-refractivity contribution in [3.05, 3.63) is 35.5 Å². The topological polar surface area (TPSA) is 77.8 Å². The van der Waals surface area contributed by atoms with Crippen molar-refractivity contribution in [2.75, 3.05) is 0 Å². The maximum absolute atomic E-state index is 13.0. The molecule has 7 atom stereocenters. The van der Waals surface area contributed by atoms with E-state index in [1.165, 1.54) is 50.5 Å². The molecule has 0 bridgehead atoms. The number of Topliss-reactive ketones (excluding diaryl/α,β-unsaturated/α-hetero) is 1. The van der Waals surface area contributed by atoms with E-state index < -0.39 is 12.2 Å². The Balaban J connectivity index is 1.33. The van der Waals surface area contributed by atoms with E-state index in [0.29, 0.717) is 30.5 Å². The summed E-state index contributed by atoms with van der Waals surface area (Å²) in [6.07, 6.45) is 20.0. The van der Waals surface area contributed by atoms with Gasteiger partial charge in [0.15, 0.2) is 0 Å². The summed E-state index contributed by atoms with van der Waals surface area (Å²) in [5, 5.41) is 31.7. The summed E-state index contributed by atoms with van der Waals surface area (Å²) in [7, 11) is 0. The summed E-state index contributed by atoms with van der Waals surface area (Å²) >= 11 is 0. The number of unbranched alkanes of at least 4 members (excludes halogenated alkanes) is 4. The molecule has 4 nitrogen and oxygen atoms in total. The third kappa shape index (κ3) is 6.99. The number of aliphatic hydroxyl groups excluding tert-OH is 3. The van der Waals surface area contributed by atoms with Crippen LogP contribution in [0.15, 0.2) is 35.5 Å². The first kappa shape index (κ1) is 30.7. The van der Waals surface area contributed by atoms with Gasteiger partial charge in [-0.25, -0.2) is 0 Å². The molecule has 220 valence electrons. The Bertz CT molecular complexity index is 927. The lowest BCUT2D eigenvalue weighted by Gasteiger charge is -2.45. The minimum Gasteiger partial charge on any atom is -0.393 e. The highest BCUT2D eigenvalue weighted by Crippen LogP contribution is 2.60. The van der Waals surface area contributed by atoms with Gasteiger partial charge in [0.25, 0.3) is 0 Å². The number of rotatable bonds is 13. The molecule has 0 aromatic carbocycles. The molecule has 4 aliphatic rings. The fraction of sp³-hybridized carbons (Fsp3) is 0.800. The number of fused-ring (bicyclic) bond motifs is 1. The number of hydrogen-bond donors (Lipinski definition) is 3. The van der Waals surface area contributed by atoms with Gasteiger partial charge >= 0.3 is 0 Å². The Morgan fingerprint density at radius 3 is 2.56 bits per heavy atom. The van der Waals surface area contributed by atoms with Gasteiger partial charge in [0, 0.05) is 18.3 Å². The molecule has 0 heterocycles. The van der Waals surface area contributed by atoms with Crippen LogP contribution in [0.3, 0.4) is 0 Å². The maximum Gasteiger partial charge on any atom is 0.139 e. The van der Waals surface area contributed by atoms with Crippen LogP contribution in [0.5, 0.6) is 0 Å². The first-order chi connectivity index (χ1) is 18.6. The van der Waals surface area contributed by atoms with Gasteiger partial charge in [-0.15, -0.1) is 0 Å².